The molecule has 0 atom stereocenters. The zero-order valence-corrected chi connectivity index (χ0v) is 8.35. The van der Waals surface area contributed by atoms with Gasteiger partial charge in [0, 0.05) is 11.1 Å². The van der Waals surface area contributed by atoms with E-state index in [9.17, 15) is 0 Å². The van der Waals surface area contributed by atoms with E-state index in [2.05, 4.69) is 11.4 Å². The molecule has 0 amide bonds. The second-order valence-corrected chi connectivity index (χ2v) is 3.98. The molecule has 2 heteroatoms. The van der Waals surface area contributed by atoms with Crippen molar-refractivity contribution in [1.29, 1.82) is 0 Å². The zero-order valence-electron chi connectivity index (χ0n) is 7.59. The monoisotopic (exact) mass is 195 g/mol. The van der Waals surface area contributed by atoms with Crippen molar-refractivity contribution in [2.45, 2.75) is 25.3 Å². The molecule has 70 valence electrons. The Balaban J connectivity index is 1.82. The maximum atomic E-state index is 6.03. The molecule has 1 N–H and O–H groups in total. The smallest absolute Gasteiger partial charge is 0.0438 e. The molecule has 0 spiro atoms. The molecule has 13 heavy (non-hydrogen) atoms. The Morgan fingerprint density at radius 3 is 2.77 bits per heavy atom. The van der Waals surface area contributed by atoms with Crippen LogP contribution in [0.25, 0.3) is 0 Å². The molecule has 1 aromatic carbocycles. The summed E-state index contributed by atoms with van der Waals surface area (Å²) in [6.07, 6.45) is 3.74. The zero-order chi connectivity index (χ0) is 9.10. The molecule has 1 nitrogen and oxygen atoms in total. The fourth-order valence-electron chi connectivity index (χ4n) is 1.40. The molecule has 0 aromatic heterocycles. The first-order valence-electron chi connectivity index (χ1n) is 4.83. The highest BCUT2D eigenvalue weighted by molar-refractivity contribution is 6.31. The van der Waals surface area contributed by atoms with Crippen LogP contribution in [0.1, 0.15) is 18.4 Å². The average Bonchev–Trinajstić information content (AvgIpc) is 2.92. The predicted octanol–water partition coefficient (Wildman–Crippen LogP) is 2.63. The third-order valence-corrected chi connectivity index (χ3v) is 2.73. The summed E-state index contributed by atoms with van der Waals surface area (Å²) in [7, 11) is 0. The summed E-state index contributed by atoms with van der Waals surface area (Å²) in [4.78, 5) is 0. The standard InChI is InChI=1S/C11H14ClN/c12-11-4-2-1-3-9(11)7-8-13-10-5-6-10/h1-4,10,13H,5-8H2. The van der Waals surface area contributed by atoms with Gasteiger partial charge in [0.15, 0.2) is 0 Å². The molecular formula is C11H14ClN. The van der Waals surface area contributed by atoms with E-state index in [-0.39, 0.29) is 0 Å². The van der Waals surface area contributed by atoms with Crippen molar-refractivity contribution in [2.75, 3.05) is 6.54 Å². The van der Waals surface area contributed by atoms with Gasteiger partial charge in [-0.3, -0.25) is 0 Å². The fourth-order valence-corrected chi connectivity index (χ4v) is 1.63. The van der Waals surface area contributed by atoms with Crippen molar-refractivity contribution >= 4 is 11.6 Å². The van der Waals surface area contributed by atoms with E-state index < -0.39 is 0 Å². The van der Waals surface area contributed by atoms with E-state index in [1.807, 2.05) is 18.2 Å². The quantitative estimate of drug-likeness (QED) is 0.779. The summed E-state index contributed by atoms with van der Waals surface area (Å²) in [5, 5.41) is 4.36. The molecule has 1 aliphatic carbocycles. The van der Waals surface area contributed by atoms with Crippen molar-refractivity contribution in [3.63, 3.8) is 0 Å². The van der Waals surface area contributed by atoms with Gasteiger partial charge in [0.1, 0.15) is 0 Å². The number of nitrogens with one attached hydrogen (secondary N) is 1. The molecule has 1 saturated carbocycles. The minimum absolute atomic E-state index is 0.794. The minimum Gasteiger partial charge on any atom is -0.314 e. The summed E-state index contributed by atoms with van der Waals surface area (Å²) in [5.74, 6) is 0. The molecule has 1 aromatic rings. The van der Waals surface area contributed by atoms with E-state index in [1.165, 1.54) is 18.4 Å². The SMILES string of the molecule is Clc1ccccc1CCNC1CC1. The maximum absolute atomic E-state index is 6.03. The molecule has 0 radical (unpaired) electrons. The summed E-state index contributed by atoms with van der Waals surface area (Å²) in [5.41, 5.74) is 1.25. The molecule has 0 saturated heterocycles. The fraction of sp³-hybridized carbons (Fsp3) is 0.455. The highest BCUT2D eigenvalue weighted by atomic mass is 35.5. The van der Waals surface area contributed by atoms with Crippen LogP contribution >= 0.6 is 11.6 Å². The van der Waals surface area contributed by atoms with Crippen LogP contribution in [-0.4, -0.2) is 12.6 Å². The Morgan fingerprint density at radius 2 is 2.08 bits per heavy atom. The van der Waals surface area contributed by atoms with Gasteiger partial charge in [-0.25, -0.2) is 0 Å². The van der Waals surface area contributed by atoms with Crippen molar-refractivity contribution < 1.29 is 0 Å². The largest absolute Gasteiger partial charge is 0.314 e. The maximum Gasteiger partial charge on any atom is 0.0438 e. The minimum atomic E-state index is 0.794. The van der Waals surface area contributed by atoms with Crippen LogP contribution in [0, 0.1) is 0 Å². The number of hydrogen-bond donors (Lipinski definition) is 1. The normalized spacial score (nSPS) is 16.1. The van der Waals surface area contributed by atoms with Crippen molar-refractivity contribution in [3.05, 3.63) is 34.9 Å². The van der Waals surface area contributed by atoms with Gasteiger partial charge in [0.25, 0.3) is 0 Å². The molecule has 0 unspecified atom stereocenters. The molecule has 2 rings (SSSR count). The third kappa shape index (κ3) is 2.71. The summed E-state index contributed by atoms with van der Waals surface area (Å²) in [6, 6.07) is 8.85. The van der Waals surface area contributed by atoms with Gasteiger partial charge >= 0.3 is 0 Å². The van der Waals surface area contributed by atoms with Crippen molar-refractivity contribution in [1.82, 2.24) is 5.32 Å². The van der Waals surface area contributed by atoms with E-state index in [1.54, 1.807) is 0 Å². The van der Waals surface area contributed by atoms with E-state index in [0.717, 1.165) is 24.0 Å². The average molecular weight is 196 g/mol. The molecule has 1 aliphatic rings. The first-order valence-corrected chi connectivity index (χ1v) is 5.21. The Hall–Kier alpha value is -0.530. The van der Waals surface area contributed by atoms with Crippen LogP contribution in [-0.2, 0) is 6.42 Å². The lowest BCUT2D eigenvalue weighted by molar-refractivity contribution is 0.682. The molecule has 0 bridgehead atoms. The van der Waals surface area contributed by atoms with E-state index in [4.69, 9.17) is 11.6 Å². The molecule has 0 aliphatic heterocycles. The van der Waals surface area contributed by atoms with Crippen LogP contribution < -0.4 is 5.32 Å². The number of rotatable bonds is 4. The van der Waals surface area contributed by atoms with Gasteiger partial charge < -0.3 is 5.32 Å². The molecule has 0 heterocycles. The van der Waals surface area contributed by atoms with Crippen LogP contribution in [0.2, 0.25) is 5.02 Å². The van der Waals surface area contributed by atoms with E-state index in [0.29, 0.717) is 0 Å². The van der Waals surface area contributed by atoms with Gasteiger partial charge in [-0.05, 0) is 37.4 Å². The van der Waals surface area contributed by atoms with E-state index >= 15 is 0 Å². The summed E-state index contributed by atoms with van der Waals surface area (Å²) in [6.45, 7) is 1.05. The Kier molecular flexibility index (Phi) is 2.87. The van der Waals surface area contributed by atoms with Gasteiger partial charge in [0.05, 0.1) is 0 Å². The second kappa shape index (κ2) is 4.12. The van der Waals surface area contributed by atoms with Gasteiger partial charge in [-0.2, -0.15) is 0 Å². The highest BCUT2D eigenvalue weighted by Gasteiger charge is 2.19. The van der Waals surface area contributed by atoms with Crippen molar-refractivity contribution in [3.8, 4) is 0 Å². The van der Waals surface area contributed by atoms with Gasteiger partial charge in [-0.15, -0.1) is 0 Å². The van der Waals surface area contributed by atoms with Crippen LogP contribution in [0.5, 0.6) is 0 Å². The van der Waals surface area contributed by atoms with Gasteiger partial charge in [0.2, 0.25) is 0 Å². The molecule has 1 fully saturated rings. The molecular weight excluding hydrogens is 182 g/mol. The third-order valence-electron chi connectivity index (χ3n) is 2.36. The van der Waals surface area contributed by atoms with Crippen LogP contribution in [0.4, 0.5) is 0 Å². The topological polar surface area (TPSA) is 12.0 Å². The first-order chi connectivity index (χ1) is 6.36. The number of hydrogen-bond acceptors (Lipinski definition) is 1. The summed E-state index contributed by atoms with van der Waals surface area (Å²) < 4.78 is 0. The summed E-state index contributed by atoms with van der Waals surface area (Å²) >= 11 is 6.03. The Bertz CT molecular complexity index is 281. The lowest BCUT2D eigenvalue weighted by Gasteiger charge is -2.04. The highest BCUT2D eigenvalue weighted by Crippen LogP contribution is 2.19. The number of halogens is 1. The lowest BCUT2D eigenvalue weighted by Crippen LogP contribution is -2.19. The van der Waals surface area contributed by atoms with Crippen molar-refractivity contribution in [2.24, 2.45) is 0 Å². The lowest BCUT2D eigenvalue weighted by atomic mass is 10.1. The number of benzene rings is 1. The predicted molar refractivity (Wildman–Crippen MR) is 56.2 cm³/mol. The van der Waals surface area contributed by atoms with Crippen LogP contribution in [0.15, 0.2) is 24.3 Å². The Morgan fingerprint density at radius 1 is 1.31 bits per heavy atom. The second-order valence-electron chi connectivity index (χ2n) is 3.57. The van der Waals surface area contributed by atoms with Crippen LogP contribution in [0.3, 0.4) is 0 Å². The van der Waals surface area contributed by atoms with Gasteiger partial charge in [-0.1, -0.05) is 29.8 Å². The first kappa shape index (κ1) is 9.04. The Labute approximate surface area is 84.1 Å².